The first kappa shape index (κ1) is 17.6. The Bertz CT molecular complexity index is 873. The summed E-state index contributed by atoms with van der Waals surface area (Å²) in [7, 11) is 0. The van der Waals surface area contributed by atoms with Crippen LogP contribution in [0.2, 0.25) is 0 Å². The zero-order valence-corrected chi connectivity index (χ0v) is 15.9. The molecule has 1 heterocycles. The van der Waals surface area contributed by atoms with Gasteiger partial charge in [-0.25, -0.2) is 0 Å². The average Bonchev–Trinajstić information content (AvgIpc) is 2.90. The van der Waals surface area contributed by atoms with Gasteiger partial charge in [0.05, 0.1) is 5.56 Å². The van der Waals surface area contributed by atoms with Crippen molar-refractivity contribution in [2.75, 3.05) is 5.32 Å². The molecular weight excluding hydrogens is 350 g/mol. The summed E-state index contributed by atoms with van der Waals surface area (Å²) in [6.07, 6.45) is 4.23. The topological polar surface area (TPSA) is 64.9 Å². The number of thiocarbonyl (C=S) groups is 1. The molecule has 0 atom stereocenters. The highest BCUT2D eigenvalue weighted by Crippen LogP contribution is 2.37. The van der Waals surface area contributed by atoms with Crippen molar-refractivity contribution in [2.24, 2.45) is 0 Å². The number of carbonyl (C=O) groups excluding carboxylic acids is 1. The summed E-state index contributed by atoms with van der Waals surface area (Å²) < 4.78 is 0. The number of hydrogen-bond donors (Lipinski definition) is 2. The lowest BCUT2D eigenvalue weighted by Gasteiger charge is -2.10. The Hall–Kier alpha value is -2.23. The maximum absolute atomic E-state index is 12.4. The van der Waals surface area contributed by atoms with Crippen LogP contribution in [-0.4, -0.2) is 11.0 Å². The fraction of sp³-hybridized carbons (Fsp3) is 0.316. The number of nitriles is 1. The van der Waals surface area contributed by atoms with Gasteiger partial charge in [0.1, 0.15) is 11.1 Å². The molecule has 4 nitrogen and oxygen atoms in total. The van der Waals surface area contributed by atoms with E-state index >= 15 is 0 Å². The fourth-order valence-electron chi connectivity index (χ4n) is 3.19. The molecule has 2 aromatic rings. The lowest BCUT2D eigenvalue weighted by Crippen LogP contribution is -2.34. The predicted molar refractivity (Wildman–Crippen MR) is 105 cm³/mol. The molecule has 0 spiro atoms. The lowest BCUT2D eigenvalue weighted by molar-refractivity contribution is 0.0977. The van der Waals surface area contributed by atoms with E-state index in [2.05, 4.69) is 16.7 Å². The van der Waals surface area contributed by atoms with Gasteiger partial charge >= 0.3 is 0 Å². The molecule has 0 radical (unpaired) electrons. The van der Waals surface area contributed by atoms with Gasteiger partial charge in [-0.3, -0.25) is 10.1 Å². The normalized spacial score (nSPS) is 12.8. The number of benzene rings is 1. The van der Waals surface area contributed by atoms with E-state index in [9.17, 15) is 10.1 Å². The molecule has 0 aliphatic heterocycles. The standard InChI is InChI=1S/C19H19N3OS2/c1-11-7-12(2)9-13(8-11)17(23)21-19(24)22-18-15(10-20)14-5-3-4-6-16(14)25-18/h7-9H,3-6H2,1-2H3,(H2,21,22,23,24). The van der Waals surface area contributed by atoms with Crippen molar-refractivity contribution in [3.05, 3.63) is 50.9 Å². The monoisotopic (exact) mass is 369 g/mol. The van der Waals surface area contributed by atoms with E-state index in [4.69, 9.17) is 12.2 Å². The van der Waals surface area contributed by atoms with Crippen LogP contribution in [0.5, 0.6) is 0 Å². The maximum Gasteiger partial charge on any atom is 0.257 e. The number of fused-ring (bicyclic) bond motifs is 1. The molecule has 0 saturated carbocycles. The average molecular weight is 370 g/mol. The number of amides is 1. The van der Waals surface area contributed by atoms with Gasteiger partial charge in [0.15, 0.2) is 5.11 Å². The number of hydrogen-bond acceptors (Lipinski definition) is 4. The van der Waals surface area contributed by atoms with Crippen LogP contribution in [0.1, 0.15) is 50.3 Å². The molecule has 0 unspecified atom stereocenters. The number of carbonyl (C=O) groups is 1. The highest BCUT2D eigenvalue weighted by atomic mass is 32.1. The Morgan fingerprint density at radius 2 is 1.88 bits per heavy atom. The van der Waals surface area contributed by atoms with Crippen molar-refractivity contribution in [3.8, 4) is 6.07 Å². The zero-order valence-electron chi connectivity index (χ0n) is 14.2. The first-order valence-corrected chi connectivity index (χ1v) is 9.45. The van der Waals surface area contributed by atoms with E-state index < -0.39 is 0 Å². The van der Waals surface area contributed by atoms with Gasteiger partial charge in [-0.1, -0.05) is 17.2 Å². The van der Waals surface area contributed by atoms with Gasteiger partial charge in [-0.2, -0.15) is 5.26 Å². The molecule has 1 aliphatic rings. The van der Waals surface area contributed by atoms with Crippen LogP contribution in [-0.2, 0) is 12.8 Å². The van der Waals surface area contributed by atoms with Crippen molar-refractivity contribution in [1.29, 1.82) is 5.26 Å². The minimum absolute atomic E-state index is 0.222. The molecule has 1 amide bonds. The molecule has 1 aromatic heterocycles. The summed E-state index contributed by atoms with van der Waals surface area (Å²) >= 11 is 6.85. The Morgan fingerprint density at radius 1 is 1.20 bits per heavy atom. The summed E-state index contributed by atoms with van der Waals surface area (Å²) in [5.74, 6) is -0.246. The third kappa shape index (κ3) is 3.89. The molecular formula is C19H19N3OS2. The zero-order chi connectivity index (χ0) is 18.0. The van der Waals surface area contributed by atoms with Gasteiger partial charge in [-0.15, -0.1) is 11.3 Å². The summed E-state index contributed by atoms with van der Waals surface area (Å²) in [4.78, 5) is 13.7. The van der Waals surface area contributed by atoms with E-state index in [-0.39, 0.29) is 11.0 Å². The second-order valence-electron chi connectivity index (χ2n) is 6.31. The van der Waals surface area contributed by atoms with E-state index in [1.807, 2.05) is 32.0 Å². The summed E-state index contributed by atoms with van der Waals surface area (Å²) in [6, 6.07) is 7.96. The highest BCUT2D eigenvalue weighted by molar-refractivity contribution is 7.80. The van der Waals surface area contributed by atoms with E-state index in [1.54, 1.807) is 11.3 Å². The van der Waals surface area contributed by atoms with Crippen LogP contribution in [0, 0.1) is 25.2 Å². The van der Waals surface area contributed by atoms with Crippen LogP contribution in [0.3, 0.4) is 0 Å². The summed E-state index contributed by atoms with van der Waals surface area (Å²) in [5, 5.41) is 16.2. The van der Waals surface area contributed by atoms with E-state index in [0.717, 1.165) is 47.4 Å². The summed E-state index contributed by atoms with van der Waals surface area (Å²) in [6.45, 7) is 3.91. The van der Waals surface area contributed by atoms with Crippen LogP contribution in [0.4, 0.5) is 5.00 Å². The molecule has 128 valence electrons. The minimum atomic E-state index is -0.246. The molecule has 6 heteroatoms. The second-order valence-corrected chi connectivity index (χ2v) is 7.82. The molecule has 1 aliphatic carbocycles. The fourth-order valence-corrected chi connectivity index (χ4v) is 4.69. The predicted octanol–water partition coefficient (Wildman–Crippen LogP) is 4.24. The molecule has 0 fully saturated rings. The third-order valence-electron chi connectivity index (χ3n) is 4.22. The van der Waals surface area contributed by atoms with Crippen LogP contribution < -0.4 is 10.6 Å². The smallest absolute Gasteiger partial charge is 0.257 e. The van der Waals surface area contributed by atoms with Crippen molar-refractivity contribution < 1.29 is 4.79 Å². The van der Waals surface area contributed by atoms with Crippen molar-refractivity contribution in [3.63, 3.8) is 0 Å². The number of nitrogens with one attached hydrogen (secondary N) is 2. The van der Waals surface area contributed by atoms with Crippen LogP contribution in [0.25, 0.3) is 0 Å². The quantitative estimate of drug-likeness (QED) is 0.777. The number of aryl methyl sites for hydroxylation is 3. The number of rotatable bonds is 2. The summed E-state index contributed by atoms with van der Waals surface area (Å²) in [5.41, 5.74) is 4.45. The van der Waals surface area contributed by atoms with Crippen molar-refractivity contribution >= 4 is 39.6 Å². The molecule has 25 heavy (non-hydrogen) atoms. The van der Waals surface area contributed by atoms with E-state index in [1.165, 1.54) is 4.88 Å². The van der Waals surface area contributed by atoms with Crippen molar-refractivity contribution in [1.82, 2.24) is 5.32 Å². The first-order valence-electron chi connectivity index (χ1n) is 8.23. The largest absolute Gasteiger partial charge is 0.323 e. The van der Waals surface area contributed by atoms with Crippen LogP contribution >= 0.6 is 23.6 Å². The van der Waals surface area contributed by atoms with Crippen molar-refractivity contribution in [2.45, 2.75) is 39.5 Å². The van der Waals surface area contributed by atoms with Gasteiger partial charge < -0.3 is 5.32 Å². The third-order valence-corrected chi connectivity index (χ3v) is 5.63. The molecule has 3 rings (SSSR count). The second kappa shape index (κ2) is 7.34. The first-order chi connectivity index (χ1) is 12.0. The van der Waals surface area contributed by atoms with Gasteiger partial charge in [0.2, 0.25) is 0 Å². The molecule has 2 N–H and O–H groups in total. The number of anilines is 1. The van der Waals surface area contributed by atoms with Gasteiger partial charge in [-0.05, 0) is 69.4 Å². The van der Waals surface area contributed by atoms with Crippen LogP contribution in [0.15, 0.2) is 18.2 Å². The van der Waals surface area contributed by atoms with E-state index in [0.29, 0.717) is 11.1 Å². The SMILES string of the molecule is Cc1cc(C)cc(C(=O)NC(=S)Nc2sc3c(c2C#N)CCCC3)c1. The Balaban J connectivity index is 1.74. The molecule has 0 bridgehead atoms. The molecule has 1 aromatic carbocycles. The lowest BCUT2D eigenvalue weighted by atomic mass is 9.96. The Morgan fingerprint density at radius 3 is 2.56 bits per heavy atom. The van der Waals surface area contributed by atoms with Gasteiger partial charge in [0.25, 0.3) is 5.91 Å². The number of thiophene rings is 1. The van der Waals surface area contributed by atoms with Gasteiger partial charge in [0, 0.05) is 10.4 Å². The Kier molecular flexibility index (Phi) is 5.16. The minimum Gasteiger partial charge on any atom is -0.323 e. The number of nitrogens with zero attached hydrogens (tertiary/aromatic N) is 1. The maximum atomic E-state index is 12.4. The Labute approximate surface area is 156 Å². The molecule has 0 saturated heterocycles. The highest BCUT2D eigenvalue weighted by Gasteiger charge is 2.21.